The van der Waals surface area contributed by atoms with E-state index in [9.17, 15) is 0 Å². The lowest BCUT2D eigenvalue weighted by atomic mass is 10.2. The molecule has 34 heavy (non-hydrogen) atoms. The Kier molecular flexibility index (Phi) is 7.26. The second-order valence-electron chi connectivity index (χ2n) is 8.55. The summed E-state index contributed by atoms with van der Waals surface area (Å²) in [6.45, 7) is 1.00. The molecular weight excluding hydrogens is 456 g/mol. The molecule has 0 saturated heterocycles. The van der Waals surface area contributed by atoms with Gasteiger partial charge in [-0.3, -0.25) is 0 Å². The molecule has 5 heteroatoms. The van der Waals surface area contributed by atoms with Gasteiger partial charge < -0.3 is 13.7 Å². The first-order chi connectivity index (χ1) is 16.7. The molecule has 1 aliphatic rings. The fraction of sp³-hybridized carbons (Fsp3) is 0.172. The van der Waals surface area contributed by atoms with Crippen molar-refractivity contribution >= 4 is 37.5 Å². The second-order valence-corrected chi connectivity index (χ2v) is 12.9. The maximum Gasteiger partial charge on any atom is 0.137 e. The highest BCUT2D eigenvalue weighted by Crippen LogP contribution is 2.58. The van der Waals surface area contributed by atoms with E-state index in [0.717, 1.165) is 24.0 Å². The molecule has 0 radical (unpaired) electrons. The molecule has 0 fully saturated rings. The monoisotopic (exact) mass is 485 g/mol. The van der Waals surface area contributed by atoms with E-state index in [4.69, 9.17) is 8.83 Å². The van der Waals surface area contributed by atoms with Crippen molar-refractivity contribution in [2.45, 2.75) is 12.1 Å². The van der Waals surface area contributed by atoms with E-state index in [-0.39, 0.29) is 5.66 Å². The lowest BCUT2D eigenvalue weighted by Gasteiger charge is -2.30. The van der Waals surface area contributed by atoms with Crippen LogP contribution in [0.5, 0.6) is 0 Å². The van der Waals surface area contributed by atoms with Crippen LogP contribution in [-0.2, 0) is 0 Å². The Morgan fingerprint density at radius 2 is 1.29 bits per heavy atom. The predicted molar refractivity (Wildman–Crippen MR) is 146 cm³/mol. The van der Waals surface area contributed by atoms with Crippen molar-refractivity contribution in [2.24, 2.45) is 0 Å². The Hall–Kier alpha value is -2.70. The largest absolute Gasteiger partial charge is 0.464 e. The second kappa shape index (κ2) is 10.7. The van der Waals surface area contributed by atoms with Crippen molar-refractivity contribution < 1.29 is 8.83 Å². The van der Waals surface area contributed by atoms with Gasteiger partial charge in [-0.25, -0.2) is 0 Å². The van der Waals surface area contributed by atoms with Gasteiger partial charge >= 0.3 is 0 Å². The van der Waals surface area contributed by atoms with Crippen molar-refractivity contribution in [1.29, 1.82) is 0 Å². The minimum Gasteiger partial charge on any atom is -0.464 e. The lowest BCUT2D eigenvalue weighted by molar-refractivity contribution is 0.414. The Morgan fingerprint density at radius 3 is 1.76 bits per heavy atom. The number of nitrogens with zero attached hydrogens (tertiary/aromatic N) is 1. The predicted octanol–water partition coefficient (Wildman–Crippen LogP) is 5.58. The maximum atomic E-state index is 6.05. The summed E-state index contributed by atoms with van der Waals surface area (Å²) in [7, 11) is 2.70. The van der Waals surface area contributed by atoms with Crippen LogP contribution in [0, 0.1) is 0 Å². The summed E-state index contributed by atoms with van der Waals surface area (Å²) < 4.78 is 12.1. The summed E-state index contributed by atoms with van der Waals surface area (Å²) in [4.78, 5) is 2.26. The smallest absolute Gasteiger partial charge is 0.137 e. The molecule has 4 aromatic rings. The molecule has 1 atom stereocenters. The first kappa shape index (κ1) is 23.1. The van der Waals surface area contributed by atoms with Gasteiger partial charge in [-0.15, -0.1) is 0 Å². The van der Waals surface area contributed by atoms with Crippen molar-refractivity contribution in [1.82, 2.24) is 4.90 Å². The maximum absolute atomic E-state index is 6.05. The molecule has 0 spiro atoms. The van der Waals surface area contributed by atoms with Crippen LogP contribution in [0.1, 0.15) is 6.42 Å². The molecule has 5 rings (SSSR count). The topological polar surface area (TPSA) is 29.5 Å². The summed E-state index contributed by atoms with van der Waals surface area (Å²) in [5, 5.41) is 4.23. The molecular formula is C29H29NO2P2. The summed E-state index contributed by atoms with van der Waals surface area (Å²) >= 11 is 0. The van der Waals surface area contributed by atoms with E-state index in [2.05, 4.69) is 104 Å². The Morgan fingerprint density at radius 1 is 0.735 bits per heavy atom. The van der Waals surface area contributed by atoms with Gasteiger partial charge in [0.1, 0.15) is 11.0 Å². The Labute approximate surface area is 204 Å². The van der Waals surface area contributed by atoms with Gasteiger partial charge in [0.15, 0.2) is 0 Å². The average molecular weight is 486 g/mol. The number of hydrogen-bond donors (Lipinski definition) is 0. The highest BCUT2D eigenvalue weighted by atomic mass is 31.1. The van der Waals surface area contributed by atoms with Crippen LogP contribution in [-0.4, -0.2) is 31.2 Å². The molecule has 0 bridgehead atoms. The average Bonchev–Trinajstić information content (AvgIpc) is 3.64. The molecule has 0 aliphatic heterocycles. The van der Waals surface area contributed by atoms with E-state index in [1.807, 2.05) is 12.1 Å². The van der Waals surface area contributed by atoms with Crippen LogP contribution in [0.4, 0.5) is 0 Å². The zero-order valence-electron chi connectivity index (χ0n) is 19.5. The van der Waals surface area contributed by atoms with E-state index >= 15 is 0 Å². The summed E-state index contributed by atoms with van der Waals surface area (Å²) in [5.74, 6) is 0. The zero-order valence-corrected chi connectivity index (χ0v) is 21.3. The van der Waals surface area contributed by atoms with Crippen LogP contribution < -0.4 is 21.6 Å². The minimum atomic E-state index is -0.919. The number of allylic oxidation sites excluding steroid dienone is 3. The van der Waals surface area contributed by atoms with Gasteiger partial charge in [0.2, 0.25) is 0 Å². The standard InChI is InChI=1S/C29H29NO2P2/c1-30(2)20-19-23-17-18-26(29(23)34(27-15-9-21-31-27)28-16-10-22-32-28)33(24-11-5-3-6-12-24)25-13-7-4-8-14-25/h3-18,21-22,26H,19-20H2,1-2H3. The molecule has 172 valence electrons. The SMILES string of the molecule is CN(C)CCC1=C(P(c2ccco2)c2ccco2)C(P(c2ccccc2)c2ccccc2)C=C1. The number of furan rings is 2. The van der Waals surface area contributed by atoms with Crippen molar-refractivity contribution in [3.05, 3.63) is 120 Å². The first-order valence-corrected chi connectivity index (χ1v) is 14.3. The van der Waals surface area contributed by atoms with Crippen LogP contribution >= 0.6 is 15.8 Å². The van der Waals surface area contributed by atoms with Crippen LogP contribution in [0.3, 0.4) is 0 Å². The minimum absolute atomic E-state index is 0.276. The fourth-order valence-electron chi connectivity index (χ4n) is 4.40. The van der Waals surface area contributed by atoms with Crippen LogP contribution in [0.15, 0.2) is 129 Å². The van der Waals surface area contributed by atoms with Gasteiger partial charge in [-0.05, 0) is 74.2 Å². The van der Waals surface area contributed by atoms with Crippen LogP contribution in [0.25, 0.3) is 0 Å². The van der Waals surface area contributed by atoms with Gasteiger partial charge in [0, 0.05) is 12.2 Å². The Bertz CT molecular complexity index is 1160. The summed E-state index contributed by atoms with van der Waals surface area (Å²) in [6, 6.07) is 30.1. The van der Waals surface area contributed by atoms with Gasteiger partial charge in [-0.1, -0.05) is 72.8 Å². The third-order valence-corrected chi connectivity index (χ3v) is 11.3. The highest BCUT2D eigenvalue weighted by molar-refractivity contribution is 7.79. The highest BCUT2D eigenvalue weighted by Gasteiger charge is 2.38. The fourth-order valence-corrected chi connectivity index (χ4v) is 10.0. The third kappa shape index (κ3) is 4.89. The van der Waals surface area contributed by atoms with E-state index in [1.165, 1.54) is 21.5 Å². The molecule has 0 amide bonds. The van der Waals surface area contributed by atoms with Crippen LogP contribution in [0.2, 0.25) is 0 Å². The van der Waals surface area contributed by atoms with Gasteiger partial charge in [0.05, 0.1) is 20.4 Å². The normalized spacial score (nSPS) is 15.9. The van der Waals surface area contributed by atoms with Crippen molar-refractivity contribution in [2.75, 3.05) is 20.6 Å². The summed E-state index contributed by atoms with van der Waals surface area (Å²) in [6.07, 6.45) is 9.37. The molecule has 1 aliphatic carbocycles. The molecule has 2 aromatic carbocycles. The molecule has 2 heterocycles. The van der Waals surface area contributed by atoms with Crippen molar-refractivity contribution in [3.63, 3.8) is 0 Å². The number of hydrogen-bond acceptors (Lipinski definition) is 3. The van der Waals surface area contributed by atoms with Gasteiger partial charge in [0.25, 0.3) is 0 Å². The number of benzene rings is 2. The molecule has 3 nitrogen and oxygen atoms in total. The molecule has 0 saturated carbocycles. The Balaban J connectivity index is 1.68. The molecule has 2 aromatic heterocycles. The van der Waals surface area contributed by atoms with Gasteiger partial charge in [-0.2, -0.15) is 0 Å². The van der Waals surface area contributed by atoms with Crippen molar-refractivity contribution in [3.8, 4) is 0 Å². The first-order valence-electron chi connectivity index (χ1n) is 11.5. The van der Waals surface area contributed by atoms with E-state index in [0.29, 0.717) is 0 Å². The zero-order chi connectivity index (χ0) is 23.3. The molecule has 1 unspecified atom stereocenters. The third-order valence-electron chi connectivity index (χ3n) is 5.96. The molecule has 0 N–H and O–H groups in total. The quantitative estimate of drug-likeness (QED) is 0.290. The van der Waals surface area contributed by atoms with E-state index < -0.39 is 15.8 Å². The summed E-state index contributed by atoms with van der Waals surface area (Å²) in [5.41, 5.74) is 3.68. The lowest BCUT2D eigenvalue weighted by Crippen LogP contribution is -2.24. The van der Waals surface area contributed by atoms with E-state index in [1.54, 1.807) is 12.5 Å². The number of rotatable bonds is 9.